The van der Waals surface area contributed by atoms with Crippen LogP contribution in [0.5, 0.6) is 11.5 Å². The maximum Gasteiger partial charge on any atom is 0.161 e. The van der Waals surface area contributed by atoms with Gasteiger partial charge in [-0.25, -0.2) is 0 Å². The molecule has 0 saturated carbocycles. The summed E-state index contributed by atoms with van der Waals surface area (Å²) in [6.45, 7) is 4.02. The molecule has 1 atom stereocenters. The lowest BCUT2D eigenvalue weighted by atomic mass is 9.96. The van der Waals surface area contributed by atoms with E-state index in [1.54, 1.807) is 14.2 Å². The van der Waals surface area contributed by atoms with Crippen LogP contribution in [0.3, 0.4) is 0 Å². The highest BCUT2D eigenvalue weighted by Crippen LogP contribution is 2.39. The molecule has 0 radical (unpaired) electrons. The molecule has 0 amide bonds. The first-order valence-electron chi connectivity index (χ1n) is 6.60. The molecule has 0 aliphatic rings. The lowest BCUT2D eigenvalue weighted by Crippen LogP contribution is -2.01. The van der Waals surface area contributed by atoms with Crippen molar-refractivity contribution < 1.29 is 9.47 Å². The summed E-state index contributed by atoms with van der Waals surface area (Å²) in [4.78, 5) is 0. The van der Waals surface area contributed by atoms with Gasteiger partial charge in [0, 0.05) is 5.02 Å². The average Bonchev–Trinajstić information content (AvgIpc) is 2.46. The van der Waals surface area contributed by atoms with E-state index in [0.29, 0.717) is 16.5 Å². The fraction of sp³-hybridized carbons (Fsp3) is 0.294. The summed E-state index contributed by atoms with van der Waals surface area (Å²) in [5.74, 6) is 1.38. The Morgan fingerprint density at radius 1 is 0.857 bits per heavy atom. The van der Waals surface area contributed by atoms with Gasteiger partial charge in [-0.2, -0.15) is 0 Å². The van der Waals surface area contributed by atoms with Crippen molar-refractivity contribution in [2.24, 2.45) is 0 Å². The van der Waals surface area contributed by atoms with E-state index in [2.05, 4.69) is 0 Å². The second kappa shape index (κ2) is 6.59. The molecule has 2 nitrogen and oxygen atoms in total. The largest absolute Gasteiger partial charge is 0.493 e. The lowest BCUT2D eigenvalue weighted by molar-refractivity contribution is 0.354. The highest BCUT2D eigenvalue weighted by molar-refractivity contribution is 6.30. The molecule has 0 spiro atoms. The molecule has 2 rings (SSSR count). The third-order valence-electron chi connectivity index (χ3n) is 3.55. The van der Waals surface area contributed by atoms with E-state index >= 15 is 0 Å². The lowest BCUT2D eigenvalue weighted by Gasteiger charge is -2.18. The number of aryl methyl sites for hydroxylation is 2. The molecule has 2 aromatic carbocycles. The van der Waals surface area contributed by atoms with Gasteiger partial charge in [0.1, 0.15) is 0 Å². The molecule has 0 aliphatic carbocycles. The minimum absolute atomic E-state index is 0.262. The van der Waals surface area contributed by atoms with Crippen LogP contribution in [0.15, 0.2) is 30.3 Å². The molecule has 0 aromatic heterocycles. The Morgan fingerprint density at radius 2 is 1.43 bits per heavy atom. The molecule has 0 heterocycles. The van der Waals surface area contributed by atoms with Crippen LogP contribution in [0.25, 0.3) is 0 Å². The number of hydrogen-bond acceptors (Lipinski definition) is 2. The van der Waals surface area contributed by atoms with E-state index in [1.165, 1.54) is 0 Å². The summed E-state index contributed by atoms with van der Waals surface area (Å²) < 4.78 is 10.7. The Balaban J connectivity index is 2.50. The number of halogens is 2. The van der Waals surface area contributed by atoms with Gasteiger partial charge in [0.05, 0.1) is 19.6 Å². The van der Waals surface area contributed by atoms with Crippen molar-refractivity contribution in [1.29, 1.82) is 0 Å². The van der Waals surface area contributed by atoms with Gasteiger partial charge in [-0.15, -0.1) is 11.6 Å². The zero-order valence-corrected chi connectivity index (χ0v) is 14.0. The summed E-state index contributed by atoms with van der Waals surface area (Å²) in [7, 11) is 3.24. The van der Waals surface area contributed by atoms with Crippen LogP contribution >= 0.6 is 23.2 Å². The summed E-state index contributed by atoms with van der Waals surface area (Å²) in [6.07, 6.45) is 0. The minimum atomic E-state index is -0.262. The quantitative estimate of drug-likeness (QED) is 0.710. The Bertz CT molecular complexity index is 653. The number of ether oxygens (including phenoxy) is 2. The van der Waals surface area contributed by atoms with E-state index in [0.717, 1.165) is 22.3 Å². The molecular formula is C17H18Cl2O2. The zero-order valence-electron chi connectivity index (χ0n) is 12.5. The van der Waals surface area contributed by atoms with Crippen molar-refractivity contribution in [1.82, 2.24) is 0 Å². The number of methoxy groups -OCH3 is 2. The maximum absolute atomic E-state index is 6.68. The first-order chi connectivity index (χ1) is 9.97. The van der Waals surface area contributed by atoms with E-state index in [1.807, 2.05) is 44.2 Å². The Morgan fingerprint density at radius 3 is 2.00 bits per heavy atom. The molecule has 21 heavy (non-hydrogen) atoms. The van der Waals surface area contributed by atoms with Gasteiger partial charge in [0.2, 0.25) is 0 Å². The van der Waals surface area contributed by atoms with E-state index in [4.69, 9.17) is 32.7 Å². The summed E-state index contributed by atoms with van der Waals surface area (Å²) in [5, 5.41) is 0.450. The third-order valence-corrected chi connectivity index (χ3v) is 4.26. The normalized spacial score (nSPS) is 12.1. The third kappa shape index (κ3) is 3.28. The fourth-order valence-electron chi connectivity index (χ4n) is 2.36. The molecule has 112 valence electrons. The molecular weight excluding hydrogens is 307 g/mol. The van der Waals surface area contributed by atoms with Crippen LogP contribution in [0.4, 0.5) is 0 Å². The van der Waals surface area contributed by atoms with Crippen molar-refractivity contribution in [3.8, 4) is 11.5 Å². The molecule has 0 saturated heterocycles. The Kier molecular flexibility index (Phi) is 5.02. The highest BCUT2D eigenvalue weighted by Gasteiger charge is 2.18. The highest BCUT2D eigenvalue weighted by atomic mass is 35.5. The van der Waals surface area contributed by atoms with Gasteiger partial charge in [-0.3, -0.25) is 0 Å². The molecule has 0 fully saturated rings. The minimum Gasteiger partial charge on any atom is -0.493 e. The van der Waals surface area contributed by atoms with Gasteiger partial charge in [0.15, 0.2) is 11.5 Å². The van der Waals surface area contributed by atoms with Crippen LogP contribution in [-0.2, 0) is 0 Å². The summed E-state index contributed by atoms with van der Waals surface area (Å²) in [6, 6.07) is 9.61. The molecule has 1 unspecified atom stereocenters. The van der Waals surface area contributed by atoms with Crippen molar-refractivity contribution in [2.45, 2.75) is 19.2 Å². The maximum atomic E-state index is 6.68. The second-order valence-corrected chi connectivity index (χ2v) is 5.80. The van der Waals surface area contributed by atoms with E-state index in [9.17, 15) is 0 Å². The topological polar surface area (TPSA) is 18.5 Å². The zero-order chi connectivity index (χ0) is 15.6. The smallest absolute Gasteiger partial charge is 0.161 e. The molecule has 0 aliphatic heterocycles. The summed E-state index contributed by atoms with van der Waals surface area (Å²) >= 11 is 12.7. The molecule has 0 N–H and O–H groups in total. The number of rotatable bonds is 4. The molecule has 2 aromatic rings. The van der Waals surface area contributed by atoms with Gasteiger partial charge < -0.3 is 9.47 Å². The standard InChI is InChI=1S/C17H18Cl2O2/c1-10-7-12(18)5-6-13(10)17(19)14-9-16(21-4)15(20-3)8-11(14)2/h5-9,17H,1-4H3. The van der Waals surface area contributed by atoms with Crippen LogP contribution in [0.2, 0.25) is 5.02 Å². The second-order valence-electron chi connectivity index (χ2n) is 4.93. The van der Waals surface area contributed by atoms with Gasteiger partial charge in [0.25, 0.3) is 0 Å². The van der Waals surface area contributed by atoms with Crippen molar-refractivity contribution in [2.75, 3.05) is 14.2 Å². The predicted molar refractivity (Wildman–Crippen MR) is 88.2 cm³/mol. The monoisotopic (exact) mass is 324 g/mol. The number of benzene rings is 2. The van der Waals surface area contributed by atoms with Gasteiger partial charge >= 0.3 is 0 Å². The van der Waals surface area contributed by atoms with Crippen LogP contribution < -0.4 is 9.47 Å². The predicted octanol–water partition coefficient (Wildman–Crippen LogP) is 5.30. The van der Waals surface area contributed by atoms with Gasteiger partial charge in [-0.1, -0.05) is 17.7 Å². The van der Waals surface area contributed by atoms with Gasteiger partial charge in [-0.05, 0) is 60.4 Å². The average molecular weight is 325 g/mol. The molecule has 0 bridgehead atoms. The Hall–Kier alpha value is -1.38. The van der Waals surface area contributed by atoms with Crippen molar-refractivity contribution in [3.63, 3.8) is 0 Å². The fourth-order valence-corrected chi connectivity index (χ4v) is 3.07. The number of alkyl halides is 1. The van der Waals surface area contributed by atoms with Crippen molar-refractivity contribution >= 4 is 23.2 Å². The van der Waals surface area contributed by atoms with Crippen LogP contribution in [0.1, 0.15) is 27.6 Å². The molecule has 4 heteroatoms. The summed E-state index contributed by atoms with van der Waals surface area (Å²) in [5.41, 5.74) is 4.16. The van der Waals surface area contributed by atoms with E-state index < -0.39 is 0 Å². The number of hydrogen-bond donors (Lipinski definition) is 0. The van der Waals surface area contributed by atoms with E-state index in [-0.39, 0.29) is 5.38 Å². The first kappa shape index (κ1) is 16.0. The van der Waals surface area contributed by atoms with Crippen LogP contribution in [-0.4, -0.2) is 14.2 Å². The first-order valence-corrected chi connectivity index (χ1v) is 7.42. The Labute approximate surface area is 135 Å². The van der Waals surface area contributed by atoms with Crippen LogP contribution in [0, 0.1) is 13.8 Å². The SMILES string of the molecule is COc1cc(C)c(C(Cl)c2ccc(Cl)cc2C)cc1OC. The van der Waals surface area contributed by atoms with Crippen molar-refractivity contribution in [3.05, 3.63) is 57.6 Å².